The van der Waals surface area contributed by atoms with Gasteiger partial charge in [-0.2, -0.15) is 0 Å². The number of benzene rings is 3. The minimum Gasteiger partial charge on any atom is -0.512 e. The van der Waals surface area contributed by atoms with Gasteiger partial charge in [0, 0.05) is 67.0 Å². The Balaban J connectivity index is 0.000000269. The first-order valence-corrected chi connectivity index (χ1v) is 19.2. The van der Waals surface area contributed by atoms with Crippen molar-refractivity contribution < 1.29 is 34.7 Å². The zero-order chi connectivity index (χ0) is 35.6. The minimum atomic E-state index is -0.337. The zero-order valence-electron chi connectivity index (χ0n) is 31.6. The van der Waals surface area contributed by atoms with E-state index in [1.165, 1.54) is 54.1 Å². The molecule has 6 heteroatoms. The van der Waals surface area contributed by atoms with Gasteiger partial charge in [-0.25, -0.2) is 0 Å². The Hall–Kier alpha value is -2.50. The van der Waals surface area contributed by atoms with Crippen LogP contribution in [0.4, 0.5) is 0 Å². The van der Waals surface area contributed by atoms with Crippen molar-refractivity contribution in [1.29, 1.82) is 0 Å². The molecular formula is C44H56IrNO3S-. The Morgan fingerprint density at radius 3 is 2.22 bits per heavy atom. The van der Waals surface area contributed by atoms with Gasteiger partial charge in [0.2, 0.25) is 0 Å². The van der Waals surface area contributed by atoms with Crippen LogP contribution in [-0.2, 0) is 36.1 Å². The number of carbonyl (C=O) groups is 1. The number of ketones is 1. The van der Waals surface area contributed by atoms with Crippen molar-refractivity contribution in [3.63, 3.8) is 0 Å². The SMILES string of the molecule is CC(C)(C)Cc1c2c([c-]c3ccccc13)-c1nccc3cc(C4CCOCC4)cc(c13)S2.CCC(C)(CC)C(=O)/C=C(\O)C(C)(CC)CC.[Ir]. The molecule has 271 valence electrons. The first-order chi connectivity index (χ1) is 23.3. The number of pyridine rings is 1. The zero-order valence-corrected chi connectivity index (χ0v) is 34.8. The van der Waals surface area contributed by atoms with Crippen LogP contribution in [0.25, 0.3) is 32.8 Å². The van der Waals surface area contributed by atoms with Crippen LogP contribution < -0.4 is 0 Å². The summed E-state index contributed by atoms with van der Waals surface area (Å²) in [6, 6.07) is 19.5. The molecule has 0 saturated carbocycles. The van der Waals surface area contributed by atoms with E-state index in [1.807, 2.05) is 59.5 Å². The Morgan fingerprint density at radius 1 is 0.960 bits per heavy atom. The Morgan fingerprint density at radius 2 is 1.60 bits per heavy atom. The Bertz CT molecular complexity index is 1840. The standard InChI is InChI=1S/C29H28NOS.C15H28O2.Ir/c1-29(2,3)17-24-22-7-5-4-6-19(22)15-23-27-26-20(8-11-30-27)14-21(16-25(26)32-28(23)24)18-9-12-31-13-10-18;1-7-14(5,8-2)12(16)11-13(17)15(6,9-3)10-4;/h4-8,11,14,16,18H,9-10,12-13,17H2,1-3H3;11,16H,7-10H2,1-6H3;/q-1;;/b;12-11-;. The molecule has 3 heterocycles. The molecule has 2 aliphatic rings. The second kappa shape index (κ2) is 16.4. The monoisotopic (exact) mass is 871 g/mol. The first kappa shape index (κ1) is 40.3. The number of hydrogen-bond donors (Lipinski definition) is 1. The summed E-state index contributed by atoms with van der Waals surface area (Å²) in [6.07, 6.45) is 9.98. The third kappa shape index (κ3) is 8.41. The van der Waals surface area contributed by atoms with E-state index in [2.05, 4.69) is 69.3 Å². The number of allylic oxidation sites excluding steroid dienone is 2. The fourth-order valence-electron chi connectivity index (χ4n) is 6.94. The Labute approximate surface area is 318 Å². The average molecular weight is 871 g/mol. The molecule has 0 unspecified atom stereocenters. The molecule has 1 fully saturated rings. The van der Waals surface area contributed by atoms with E-state index < -0.39 is 0 Å². The van der Waals surface area contributed by atoms with E-state index in [0.29, 0.717) is 5.92 Å². The first-order valence-electron chi connectivity index (χ1n) is 18.4. The van der Waals surface area contributed by atoms with Crippen LogP contribution in [0, 0.1) is 22.3 Å². The van der Waals surface area contributed by atoms with Gasteiger partial charge in [0.1, 0.15) is 5.76 Å². The van der Waals surface area contributed by atoms with E-state index in [9.17, 15) is 9.90 Å². The minimum absolute atomic E-state index is 0. The van der Waals surface area contributed by atoms with Crippen LogP contribution >= 0.6 is 11.8 Å². The summed E-state index contributed by atoms with van der Waals surface area (Å²) >= 11 is 1.93. The second-order valence-corrected chi connectivity index (χ2v) is 16.8. The molecule has 3 aromatic carbocycles. The molecule has 1 radical (unpaired) electrons. The van der Waals surface area contributed by atoms with Crippen molar-refractivity contribution in [3.8, 4) is 11.3 Å². The number of carbonyl (C=O) groups excluding carboxylic acids is 1. The molecule has 4 aromatic rings. The van der Waals surface area contributed by atoms with Crippen LogP contribution in [0.15, 0.2) is 70.3 Å². The largest absolute Gasteiger partial charge is 0.512 e. The quantitative estimate of drug-likeness (QED) is 0.0908. The van der Waals surface area contributed by atoms with Crippen LogP contribution in [-0.4, -0.2) is 29.1 Å². The topological polar surface area (TPSA) is 59.4 Å². The third-order valence-electron chi connectivity index (χ3n) is 11.3. The van der Waals surface area contributed by atoms with Crippen molar-refractivity contribution >= 4 is 39.1 Å². The third-order valence-corrected chi connectivity index (χ3v) is 12.5. The van der Waals surface area contributed by atoms with Crippen molar-refractivity contribution in [2.75, 3.05) is 13.2 Å². The maximum absolute atomic E-state index is 12.2. The maximum Gasteiger partial charge on any atom is 0.164 e. The van der Waals surface area contributed by atoms with E-state index in [0.717, 1.165) is 63.9 Å². The molecule has 0 amide bonds. The van der Waals surface area contributed by atoms with Crippen LogP contribution in [0.5, 0.6) is 0 Å². The summed E-state index contributed by atoms with van der Waals surface area (Å²) in [6.45, 7) is 20.8. The molecule has 0 bridgehead atoms. The fraction of sp³-hybridized carbons (Fsp3) is 0.500. The maximum atomic E-state index is 12.2. The molecule has 6 rings (SSSR count). The fourth-order valence-corrected chi connectivity index (χ4v) is 8.22. The van der Waals surface area contributed by atoms with Crippen LogP contribution in [0.2, 0.25) is 0 Å². The molecule has 50 heavy (non-hydrogen) atoms. The van der Waals surface area contributed by atoms with Crippen LogP contribution in [0.1, 0.15) is 118 Å². The molecular weight excluding hydrogens is 815 g/mol. The van der Waals surface area contributed by atoms with E-state index in [-0.39, 0.29) is 47.9 Å². The van der Waals surface area contributed by atoms with Crippen molar-refractivity contribution in [2.24, 2.45) is 16.2 Å². The van der Waals surface area contributed by atoms with Gasteiger partial charge in [0.05, 0.1) is 0 Å². The van der Waals surface area contributed by atoms with Gasteiger partial charge in [-0.05, 0) is 89.6 Å². The molecule has 1 saturated heterocycles. The molecule has 4 nitrogen and oxygen atoms in total. The van der Waals surface area contributed by atoms with Gasteiger partial charge in [-0.15, -0.1) is 29.3 Å². The van der Waals surface area contributed by atoms with Crippen molar-refractivity contribution in [2.45, 2.75) is 123 Å². The van der Waals surface area contributed by atoms with E-state index >= 15 is 0 Å². The van der Waals surface area contributed by atoms with Gasteiger partial charge >= 0.3 is 0 Å². The van der Waals surface area contributed by atoms with Crippen molar-refractivity contribution in [1.82, 2.24) is 4.98 Å². The second-order valence-electron chi connectivity index (χ2n) is 15.8. The van der Waals surface area contributed by atoms with Gasteiger partial charge in [-0.1, -0.05) is 103 Å². The number of fused-ring (bicyclic) bond motifs is 3. The van der Waals surface area contributed by atoms with Crippen molar-refractivity contribution in [3.05, 3.63) is 77.7 Å². The summed E-state index contributed by atoms with van der Waals surface area (Å²) in [5, 5.41) is 15.2. The summed E-state index contributed by atoms with van der Waals surface area (Å²) in [7, 11) is 0. The molecule has 2 aliphatic heterocycles. The number of ether oxygens (including phenoxy) is 1. The summed E-state index contributed by atoms with van der Waals surface area (Å²) in [5.74, 6) is 0.869. The normalized spacial score (nSPS) is 15.3. The number of hydrogen-bond acceptors (Lipinski definition) is 5. The summed E-state index contributed by atoms with van der Waals surface area (Å²) in [5.41, 5.74) is 4.74. The molecule has 0 spiro atoms. The molecule has 1 aromatic heterocycles. The van der Waals surface area contributed by atoms with Crippen LogP contribution in [0.3, 0.4) is 0 Å². The predicted octanol–water partition coefficient (Wildman–Crippen LogP) is 12.4. The number of aliphatic hydroxyl groups excluding tert-OH is 1. The van der Waals surface area contributed by atoms with Gasteiger partial charge < -0.3 is 9.84 Å². The number of aromatic nitrogens is 1. The summed E-state index contributed by atoms with van der Waals surface area (Å²) in [4.78, 5) is 19.8. The van der Waals surface area contributed by atoms with Gasteiger partial charge in [0.25, 0.3) is 0 Å². The van der Waals surface area contributed by atoms with E-state index in [1.54, 1.807) is 0 Å². The molecule has 1 N–H and O–H groups in total. The molecule has 0 aliphatic carbocycles. The van der Waals surface area contributed by atoms with E-state index in [4.69, 9.17) is 9.72 Å². The Kier molecular flexibility index (Phi) is 13.2. The average Bonchev–Trinajstić information content (AvgIpc) is 3.11. The predicted molar refractivity (Wildman–Crippen MR) is 207 cm³/mol. The summed E-state index contributed by atoms with van der Waals surface area (Å²) < 4.78 is 5.63. The van der Waals surface area contributed by atoms with Gasteiger partial charge in [-0.3, -0.25) is 9.78 Å². The number of aliphatic hydroxyl groups is 1. The molecule has 0 atom stereocenters. The smallest absolute Gasteiger partial charge is 0.164 e. The number of rotatable bonds is 9. The van der Waals surface area contributed by atoms with Gasteiger partial charge in [0.15, 0.2) is 5.78 Å². The number of nitrogens with zero attached hydrogens (tertiary/aromatic N) is 1.